The average molecular weight is 460 g/mol. The minimum Gasteiger partial charge on any atom is -0.476 e. The molecule has 0 aliphatic heterocycles. The molecule has 0 aromatic rings. The van der Waals surface area contributed by atoms with Gasteiger partial charge < -0.3 is 25.2 Å². The molecule has 0 aromatic carbocycles. The summed E-state index contributed by atoms with van der Waals surface area (Å²) in [4.78, 5) is 9.30. The van der Waals surface area contributed by atoms with Crippen molar-refractivity contribution in [3.05, 3.63) is 0 Å². The Bertz CT molecular complexity index is 563. The van der Waals surface area contributed by atoms with Crippen LogP contribution in [-0.2, 0) is 19.8 Å². The number of aliphatic carboxylic acids is 1. The number of carboxylic acid groups (broad SMARTS) is 1. The number of hydrogen-bond acceptors (Lipinski definition) is 7. The van der Waals surface area contributed by atoms with Crippen LogP contribution in [-0.4, -0.2) is 71.1 Å². The standard InChI is InChI=1S/C7H12F2O2.C6H12O2.C2HF3O4S/c8-7(9)11-6-3-1-5(10)2-4-6;7-5-1-2-6(8)4-3-5;3-2(4,1(6)7)10(5,8)9/h5-7,10H,1-4H2;5-8H,1-4H2;(H,6,7). The molecule has 0 atom stereocenters. The van der Waals surface area contributed by atoms with E-state index in [0.717, 1.165) is 25.7 Å². The number of ether oxygens (including phenoxy) is 1. The Labute approximate surface area is 164 Å². The van der Waals surface area contributed by atoms with Gasteiger partial charge in [0.15, 0.2) is 0 Å². The number of aliphatic hydroxyl groups excluding tert-OH is 3. The zero-order valence-corrected chi connectivity index (χ0v) is 16.1. The van der Waals surface area contributed by atoms with Crippen LogP contribution in [0.2, 0.25) is 0 Å². The van der Waals surface area contributed by atoms with E-state index in [1.54, 1.807) is 0 Å². The highest BCUT2D eigenvalue weighted by atomic mass is 32.3. The monoisotopic (exact) mass is 460 g/mol. The van der Waals surface area contributed by atoms with Gasteiger partial charge in [-0.2, -0.15) is 26.0 Å². The molecule has 0 bridgehead atoms. The summed E-state index contributed by atoms with van der Waals surface area (Å²) < 4.78 is 80.4. The quantitative estimate of drug-likeness (QED) is 0.368. The second kappa shape index (κ2) is 12.6. The first-order valence-corrected chi connectivity index (χ1v) is 10.1. The minimum absolute atomic E-state index is 0.140. The molecule has 0 heterocycles. The number of rotatable bonds is 4. The van der Waals surface area contributed by atoms with Gasteiger partial charge in [0.05, 0.1) is 24.4 Å². The molecule has 2 rings (SSSR count). The molecule has 14 heteroatoms. The Hall–Kier alpha value is -1.09. The zero-order chi connectivity index (χ0) is 22.8. The van der Waals surface area contributed by atoms with Crippen molar-refractivity contribution in [1.29, 1.82) is 0 Å². The van der Waals surface area contributed by atoms with Crippen molar-refractivity contribution in [2.24, 2.45) is 0 Å². The van der Waals surface area contributed by atoms with Gasteiger partial charge in [0, 0.05) is 0 Å². The fraction of sp³-hybridized carbons (Fsp3) is 0.933. The highest BCUT2D eigenvalue weighted by Gasteiger charge is 2.54. The molecule has 2 fully saturated rings. The molecule has 0 spiro atoms. The fourth-order valence-electron chi connectivity index (χ4n) is 2.49. The number of aliphatic hydroxyl groups is 3. The Morgan fingerprint density at radius 3 is 1.38 bits per heavy atom. The third-order valence-corrected chi connectivity index (χ3v) is 4.95. The zero-order valence-electron chi connectivity index (χ0n) is 15.3. The topological polar surface area (TPSA) is 141 Å². The Morgan fingerprint density at radius 1 is 0.862 bits per heavy atom. The second-order valence-electron chi connectivity index (χ2n) is 6.55. The second-order valence-corrected chi connectivity index (χ2v) is 7.94. The van der Waals surface area contributed by atoms with E-state index < -0.39 is 28.1 Å². The van der Waals surface area contributed by atoms with Gasteiger partial charge in [0.2, 0.25) is 0 Å². The summed E-state index contributed by atoms with van der Waals surface area (Å²) in [6, 6.07) is 0. The van der Waals surface area contributed by atoms with Gasteiger partial charge in [-0.3, -0.25) is 0 Å². The molecule has 0 saturated heterocycles. The summed E-state index contributed by atoms with van der Waals surface area (Å²) >= 11 is 0. The SMILES string of the molecule is O=C(O)C(F)(F)S(=O)(=O)F.OC1CCC(O)CC1.OC1CCC(OC(F)F)CC1. The van der Waals surface area contributed by atoms with Crippen LogP contribution in [0.1, 0.15) is 51.4 Å². The van der Waals surface area contributed by atoms with Crippen LogP contribution >= 0.6 is 0 Å². The summed E-state index contributed by atoms with van der Waals surface area (Å²) in [7, 11) is -6.33. The van der Waals surface area contributed by atoms with Crippen molar-refractivity contribution in [1.82, 2.24) is 0 Å². The molecule has 2 aliphatic carbocycles. The highest BCUT2D eigenvalue weighted by Crippen LogP contribution is 2.23. The van der Waals surface area contributed by atoms with Crippen LogP contribution in [0.25, 0.3) is 0 Å². The predicted molar refractivity (Wildman–Crippen MR) is 88.4 cm³/mol. The van der Waals surface area contributed by atoms with Crippen LogP contribution in [0.3, 0.4) is 0 Å². The lowest BCUT2D eigenvalue weighted by molar-refractivity contribution is -0.173. The minimum atomic E-state index is -6.33. The maximum absolute atomic E-state index is 11.6. The van der Waals surface area contributed by atoms with E-state index in [1.165, 1.54) is 0 Å². The van der Waals surface area contributed by atoms with Crippen molar-refractivity contribution in [3.8, 4) is 0 Å². The summed E-state index contributed by atoms with van der Waals surface area (Å²) in [5, 5.41) is 28.9. The molecular formula is C15H25F5O8S. The Balaban J connectivity index is 0.000000410. The van der Waals surface area contributed by atoms with Gasteiger partial charge in [0.25, 0.3) is 0 Å². The van der Waals surface area contributed by atoms with Gasteiger partial charge in [-0.05, 0) is 51.4 Å². The molecule has 0 unspecified atom stereocenters. The number of halogens is 5. The largest absolute Gasteiger partial charge is 0.476 e. The summed E-state index contributed by atoms with van der Waals surface area (Å²) in [5.41, 5.74) is 0. The highest BCUT2D eigenvalue weighted by molar-refractivity contribution is 7.88. The number of carboxylic acids is 1. The first kappa shape index (κ1) is 27.9. The van der Waals surface area contributed by atoms with E-state index in [9.17, 15) is 34.7 Å². The Kier molecular flexibility index (Phi) is 12.1. The lowest BCUT2D eigenvalue weighted by atomic mass is 9.95. The summed E-state index contributed by atoms with van der Waals surface area (Å²) in [6.07, 6.45) is 4.43. The maximum atomic E-state index is 11.6. The van der Waals surface area contributed by atoms with Crippen LogP contribution in [0, 0.1) is 0 Å². The van der Waals surface area contributed by atoms with Crippen LogP contribution in [0.5, 0.6) is 0 Å². The maximum Gasteiger partial charge on any atom is 0.470 e. The first-order valence-electron chi connectivity index (χ1n) is 8.70. The fourth-order valence-corrected chi connectivity index (χ4v) is 2.70. The van der Waals surface area contributed by atoms with Crippen LogP contribution in [0.4, 0.5) is 21.4 Å². The van der Waals surface area contributed by atoms with E-state index in [1.807, 2.05) is 0 Å². The van der Waals surface area contributed by atoms with Crippen molar-refractivity contribution in [2.45, 2.75) is 87.6 Å². The van der Waals surface area contributed by atoms with Gasteiger partial charge >= 0.3 is 28.1 Å². The van der Waals surface area contributed by atoms with Gasteiger partial charge in [-0.1, -0.05) is 3.89 Å². The molecule has 29 heavy (non-hydrogen) atoms. The average Bonchev–Trinajstić information content (AvgIpc) is 2.59. The molecule has 2 aliphatic rings. The first-order chi connectivity index (χ1) is 13.2. The number of hydrogen-bond donors (Lipinski definition) is 4. The van der Waals surface area contributed by atoms with Crippen LogP contribution in [0.15, 0.2) is 0 Å². The summed E-state index contributed by atoms with van der Waals surface area (Å²) in [5.74, 6) is -3.03. The van der Waals surface area contributed by atoms with Crippen molar-refractivity contribution in [3.63, 3.8) is 0 Å². The van der Waals surface area contributed by atoms with Crippen molar-refractivity contribution in [2.75, 3.05) is 0 Å². The van der Waals surface area contributed by atoms with Crippen molar-refractivity contribution < 1.29 is 59.8 Å². The van der Waals surface area contributed by atoms with E-state index >= 15 is 0 Å². The third kappa shape index (κ3) is 11.6. The van der Waals surface area contributed by atoms with E-state index in [0.29, 0.717) is 25.7 Å². The van der Waals surface area contributed by atoms with E-state index in [4.69, 9.17) is 20.4 Å². The number of alkyl halides is 4. The molecule has 2 saturated carbocycles. The molecular weight excluding hydrogens is 435 g/mol. The normalized spacial score (nSPS) is 27.9. The molecule has 0 radical (unpaired) electrons. The lowest BCUT2D eigenvalue weighted by Crippen LogP contribution is -2.34. The number of carbonyl (C=O) groups is 1. The molecule has 8 nitrogen and oxygen atoms in total. The molecule has 174 valence electrons. The molecule has 0 aromatic heterocycles. The molecule has 4 N–H and O–H groups in total. The van der Waals surface area contributed by atoms with Gasteiger partial charge in [-0.25, -0.2) is 4.79 Å². The smallest absolute Gasteiger partial charge is 0.470 e. The van der Waals surface area contributed by atoms with Gasteiger partial charge in [0.1, 0.15) is 0 Å². The van der Waals surface area contributed by atoms with E-state index in [2.05, 4.69) is 4.74 Å². The van der Waals surface area contributed by atoms with Crippen LogP contribution < -0.4 is 0 Å². The lowest BCUT2D eigenvalue weighted by Gasteiger charge is -2.24. The summed E-state index contributed by atoms with van der Waals surface area (Å²) in [6.45, 7) is -2.67. The Morgan fingerprint density at radius 2 is 1.17 bits per heavy atom. The van der Waals surface area contributed by atoms with E-state index in [-0.39, 0.29) is 24.4 Å². The third-order valence-electron chi connectivity index (χ3n) is 4.16. The van der Waals surface area contributed by atoms with Gasteiger partial charge in [-0.15, -0.1) is 0 Å². The van der Waals surface area contributed by atoms with Crippen molar-refractivity contribution >= 4 is 16.2 Å². The predicted octanol–water partition coefficient (Wildman–Crippen LogP) is 1.77. The molecule has 0 amide bonds.